The van der Waals surface area contributed by atoms with Crippen LogP contribution in [0, 0.1) is 0 Å². The summed E-state index contributed by atoms with van der Waals surface area (Å²) in [5.41, 5.74) is 2.12. The molecule has 0 aliphatic carbocycles. The smallest absolute Gasteiger partial charge is 0.407 e. The molecule has 0 unspecified atom stereocenters. The second-order valence-electron chi connectivity index (χ2n) is 5.03. The molecule has 1 aliphatic heterocycles. The van der Waals surface area contributed by atoms with Crippen molar-refractivity contribution in [3.8, 4) is 17.1 Å². The third-order valence-corrected chi connectivity index (χ3v) is 3.45. The molecular weight excluding hydrogens is 284 g/mol. The van der Waals surface area contributed by atoms with Crippen LogP contribution in [0.5, 0.6) is 5.88 Å². The second-order valence-corrected chi connectivity index (χ2v) is 5.03. The van der Waals surface area contributed by atoms with Gasteiger partial charge in [0, 0.05) is 17.2 Å². The van der Waals surface area contributed by atoms with Crippen molar-refractivity contribution >= 4 is 12.4 Å². The van der Waals surface area contributed by atoms with Gasteiger partial charge in [-0.1, -0.05) is 24.3 Å². The van der Waals surface area contributed by atoms with Gasteiger partial charge in [0.25, 0.3) is 0 Å². The molecule has 2 aromatic rings. The van der Waals surface area contributed by atoms with Crippen molar-refractivity contribution in [2.24, 2.45) is 0 Å². The van der Waals surface area contributed by atoms with Crippen LogP contribution >= 0.6 is 0 Å². The maximum atomic E-state index is 10.8. The molecule has 22 heavy (non-hydrogen) atoms. The largest absolute Gasteiger partial charge is 0.471 e. The molecule has 1 aromatic carbocycles. The van der Waals surface area contributed by atoms with E-state index in [0.717, 1.165) is 11.8 Å². The van der Waals surface area contributed by atoms with Crippen LogP contribution in [0.4, 0.5) is 4.79 Å². The summed E-state index contributed by atoms with van der Waals surface area (Å²) in [6.07, 6.45) is -0.314. The zero-order valence-electron chi connectivity index (χ0n) is 11.7. The molecule has 1 aliphatic rings. The second kappa shape index (κ2) is 5.85. The van der Waals surface area contributed by atoms with Crippen LogP contribution in [0.1, 0.15) is 10.4 Å². The summed E-state index contributed by atoms with van der Waals surface area (Å²) >= 11 is 0. The highest BCUT2D eigenvalue weighted by Gasteiger charge is 2.32. The Hall–Kier alpha value is -2.89. The van der Waals surface area contributed by atoms with Crippen LogP contribution in [0.15, 0.2) is 42.5 Å². The molecule has 6 heteroatoms. The van der Waals surface area contributed by atoms with Gasteiger partial charge in [-0.3, -0.25) is 4.79 Å². The molecule has 2 heterocycles. The third-order valence-electron chi connectivity index (χ3n) is 3.45. The minimum atomic E-state index is -0.938. The lowest BCUT2D eigenvalue weighted by molar-refractivity contribution is 0.0228. The first-order chi connectivity index (χ1) is 10.7. The molecule has 6 nitrogen and oxygen atoms in total. The lowest BCUT2D eigenvalue weighted by atomic mass is 10.1. The highest BCUT2D eigenvalue weighted by molar-refractivity contribution is 5.78. The van der Waals surface area contributed by atoms with Gasteiger partial charge >= 0.3 is 6.09 Å². The summed E-state index contributed by atoms with van der Waals surface area (Å²) in [4.78, 5) is 27.2. The Kier molecular flexibility index (Phi) is 3.74. The van der Waals surface area contributed by atoms with Gasteiger partial charge in [-0.2, -0.15) is 0 Å². The van der Waals surface area contributed by atoms with Crippen LogP contribution in [-0.4, -0.2) is 46.6 Å². The highest BCUT2D eigenvalue weighted by atomic mass is 16.5. The lowest BCUT2D eigenvalue weighted by Crippen LogP contribution is -2.55. The van der Waals surface area contributed by atoms with Crippen molar-refractivity contribution in [1.29, 1.82) is 0 Å². The Morgan fingerprint density at radius 1 is 1.27 bits per heavy atom. The van der Waals surface area contributed by atoms with E-state index in [-0.39, 0.29) is 6.10 Å². The summed E-state index contributed by atoms with van der Waals surface area (Å²) in [7, 11) is 0. The summed E-state index contributed by atoms with van der Waals surface area (Å²) in [6, 6.07) is 12.5. The van der Waals surface area contributed by atoms with Crippen LogP contribution in [0.3, 0.4) is 0 Å². The van der Waals surface area contributed by atoms with Gasteiger partial charge in [0.15, 0.2) is 0 Å². The number of carboxylic acid groups (broad SMARTS) is 1. The van der Waals surface area contributed by atoms with Crippen LogP contribution in [0.2, 0.25) is 0 Å². The molecule has 1 N–H and O–H groups in total. The van der Waals surface area contributed by atoms with Gasteiger partial charge in [-0.15, -0.1) is 0 Å². The average molecular weight is 298 g/mol. The van der Waals surface area contributed by atoms with Gasteiger partial charge in [0.05, 0.1) is 18.8 Å². The minimum absolute atomic E-state index is 0.167. The number of aromatic nitrogens is 1. The average Bonchev–Trinajstić information content (AvgIpc) is 2.50. The maximum absolute atomic E-state index is 10.8. The highest BCUT2D eigenvalue weighted by Crippen LogP contribution is 2.22. The summed E-state index contributed by atoms with van der Waals surface area (Å²) in [6.45, 7) is 0.698. The molecule has 1 fully saturated rings. The zero-order valence-corrected chi connectivity index (χ0v) is 11.7. The van der Waals surface area contributed by atoms with E-state index in [2.05, 4.69) is 4.98 Å². The Labute approximate surface area is 127 Å². The van der Waals surface area contributed by atoms with E-state index < -0.39 is 6.09 Å². The first kappa shape index (κ1) is 14.1. The van der Waals surface area contributed by atoms with Crippen molar-refractivity contribution in [3.63, 3.8) is 0 Å². The fraction of sp³-hybridized carbons (Fsp3) is 0.188. The topological polar surface area (TPSA) is 79.7 Å². The van der Waals surface area contributed by atoms with E-state index in [1.54, 1.807) is 24.3 Å². The van der Waals surface area contributed by atoms with E-state index in [1.165, 1.54) is 4.90 Å². The molecular formula is C16H14N2O4. The van der Waals surface area contributed by atoms with E-state index >= 15 is 0 Å². The lowest BCUT2D eigenvalue weighted by Gasteiger charge is -2.36. The normalized spacial score (nSPS) is 14.3. The van der Waals surface area contributed by atoms with Gasteiger partial charge in [0.1, 0.15) is 12.4 Å². The van der Waals surface area contributed by atoms with Crippen molar-refractivity contribution in [1.82, 2.24) is 9.88 Å². The number of amides is 1. The molecule has 112 valence electrons. The third kappa shape index (κ3) is 2.90. The standard InChI is InChI=1S/C16H14N2O4/c19-10-11-3-1-4-12(7-11)14-5-2-6-15(17-14)22-13-8-18(9-13)16(20)21/h1-7,10,13H,8-9H2,(H,20,21). The minimum Gasteiger partial charge on any atom is -0.471 e. The van der Waals surface area contributed by atoms with Crippen LogP contribution in [-0.2, 0) is 0 Å². The fourth-order valence-corrected chi connectivity index (χ4v) is 2.25. The van der Waals surface area contributed by atoms with E-state index in [9.17, 15) is 9.59 Å². The van der Waals surface area contributed by atoms with E-state index in [0.29, 0.717) is 30.2 Å². The van der Waals surface area contributed by atoms with Crippen LogP contribution < -0.4 is 4.74 Å². The van der Waals surface area contributed by atoms with Gasteiger partial charge < -0.3 is 14.7 Å². The first-order valence-corrected chi connectivity index (χ1v) is 6.83. The summed E-state index contributed by atoms with van der Waals surface area (Å²) < 4.78 is 5.66. The van der Waals surface area contributed by atoms with Crippen molar-refractivity contribution < 1.29 is 19.4 Å². The predicted molar refractivity (Wildman–Crippen MR) is 79.1 cm³/mol. The number of likely N-dealkylation sites (tertiary alicyclic amines) is 1. The molecule has 0 radical (unpaired) electrons. The number of benzene rings is 1. The number of carbonyl (C=O) groups is 2. The molecule has 1 saturated heterocycles. The van der Waals surface area contributed by atoms with Gasteiger partial charge in [-0.05, 0) is 12.1 Å². The zero-order chi connectivity index (χ0) is 15.5. The van der Waals surface area contributed by atoms with E-state index in [4.69, 9.17) is 9.84 Å². The van der Waals surface area contributed by atoms with Crippen molar-refractivity contribution in [2.75, 3.05) is 13.1 Å². The summed E-state index contributed by atoms with van der Waals surface area (Å²) in [5.74, 6) is 0.448. The number of pyridine rings is 1. The van der Waals surface area contributed by atoms with Gasteiger partial charge in [-0.25, -0.2) is 9.78 Å². The molecule has 0 spiro atoms. The SMILES string of the molecule is O=Cc1cccc(-c2cccc(OC3CN(C(=O)O)C3)n2)c1. The number of hydrogen-bond donors (Lipinski definition) is 1. The van der Waals surface area contributed by atoms with E-state index in [1.807, 2.05) is 18.2 Å². The number of carbonyl (C=O) groups excluding carboxylic acids is 1. The number of nitrogens with zero attached hydrogens (tertiary/aromatic N) is 2. The quantitative estimate of drug-likeness (QED) is 0.876. The Bertz CT molecular complexity index is 711. The van der Waals surface area contributed by atoms with Gasteiger partial charge in [0.2, 0.25) is 5.88 Å². The van der Waals surface area contributed by atoms with Crippen molar-refractivity contribution in [2.45, 2.75) is 6.10 Å². The molecule has 0 atom stereocenters. The number of rotatable bonds is 4. The molecule has 0 saturated carbocycles. The molecule has 0 bridgehead atoms. The number of ether oxygens (including phenoxy) is 1. The number of aldehydes is 1. The molecule has 3 rings (SSSR count). The fourth-order valence-electron chi connectivity index (χ4n) is 2.25. The Morgan fingerprint density at radius 2 is 2.05 bits per heavy atom. The summed E-state index contributed by atoms with van der Waals surface area (Å²) in [5, 5.41) is 8.79. The predicted octanol–water partition coefficient (Wildman–Crippen LogP) is 2.30. The monoisotopic (exact) mass is 298 g/mol. The maximum Gasteiger partial charge on any atom is 0.407 e. The van der Waals surface area contributed by atoms with Crippen LogP contribution in [0.25, 0.3) is 11.3 Å². The molecule has 1 aromatic heterocycles. The Balaban J connectivity index is 1.73. The Morgan fingerprint density at radius 3 is 2.77 bits per heavy atom. The first-order valence-electron chi connectivity index (χ1n) is 6.83. The van der Waals surface area contributed by atoms with Crippen molar-refractivity contribution in [3.05, 3.63) is 48.0 Å². The number of hydrogen-bond acceptors (Lipinski definition) is 4. The molecule has 1 amide bonds.